The lowest BCUT2D eigenvalue weighted by Crippen LogP contribution is -2.50. The molecule has 1 unspecified atom stereocenters. The monoisotopic (exact) mass is 241 g/mol. The lowest BCUT2D eigenvalue weighted by atomic mass is 9.93. The Bertz CT molecular complexity index is 294. The van der Waals surface area contributed by atoms with Crippen LogP contribution in [0.2, 0.25) is 0 Å². The van der Waals surface area contributed by atoms with Gasteiger partial charge in [0.2, 0.25) is 6.08 Å². The van der Waals surface area contributed by atoms with Gasteiger partial charge in [0, 0.05) is 13.7 Å². The number of isocyanates is 1. The van der Waals surface area contributed by atoms with Crippen molar-refractivity contribution in [3.05, 3.63) is 0 Å². The predicted octanol–water partition coefficient (Wildman–Crippen LogP) is 1.13. The van der Waals surface area contributed by atoms with Gasteiger partial charge in [0.1, 0.15) is 0 Å². The summed E-state index contributed by atoms with van der Waals surface area (Å²) in [5.41, 5.74) is -3.42. The maximum Gasteiger partial charge on any atom is 0.425 e. The van der Waals surface area contributed by atoms with Crippen molar-refractivity contribution >= 4 is 12.0 Å². The van der Waals surface area contributed by atoms with E-state index < -0.39 is 24.1 Å². The Kier molecular flexibility index (Phi) is 5.13. The first-order valence-corrected chi connectivity index (χ1v) is 4.20. The summed E-state index contributed by atoms with van der Waals surface area (Å²) >= 11 is 0. The van der Waals surface area contributed by atoms with Gasteiger partial charge in [0.15, 0.2) is 0 Å². The highest BCUT2D eigenvalue weighted by molar-refractivity contribution is 5.81. The molecule has 0 aliphatic heterocycles. The molecule has 0 fully saturated rings. The van der Waals surface area contributed by atoms with Gasteiger partial charge in [-0.15, -0.1) is 0 Å². The van der Waals surface area contributed by atoms with E-state index in [1.54, 1.807) is 0 Å². The minimum atomic E-state index is -5.15. The average molecular weight is 241 g/mol. The van der Waals surface area contributed by atoms with E-state index in [0.717, 1.165) is 0 Å². The zero-order valence-electron chi connectivity index (χ0n) is 8.37. The topological polar surface area (TPSA) is 76.0 Å². The lowest BCUT2D eigenvalue weighted by Gasteiger charge is -2.25. The Morgan fingerprint density at radius 3 is 2.38 bits per heavy atom. The number of halogens is 3. The Balaban J connectivity index is 5.12. The Labute approximate surface area is 88.9 Å². The fraction of sp³-hybridized carbons (Fsp3) is 0.750. The average Bonchev–Trinajstić information content (AvgIpc) is 2.14. The molecule has 0 aliphatic rings. The number of carboxylic acid groups (broad SMARTS) is 1. The zero-order chi connectivity index (χ0) is 12.8. The molecule has 0 saturated carbocycles. The van der Waals surface area contributed by atoms with Gasteiger partial charge in [-0.1, -0.05) is 0 Å². The van der Waals surface area contributed by atoms with E-state index in [1.165, 1.54) is 7.11 Å². The molecule has 0 aromatic heterocycles. The van der Waals surface area contributed by atoms with Gasteiger partial charge in [-0.25, -0.2) is 9.59 Å². The minimum Gasteiger partial charge on any atom is -0.479 e. The lowest BCUT2D eigenvalue weighted by molar-refractivity contribution is -0.203. The van der Waals surface area contributed by atoms with Crippen LogP contribution in [0, 0.1) is 0 Å². The molecule has 5 nitrogen and oxygen atoms in total. The number of hydrogen-bond acceptors (Lipinski definition) is 4. The third kappa shape index (κ3) is 3.04. The van der Waals surface area contributed by atoms with Crippen LogP contribution in [0.15, 0.2) is 4.99 Å². The smallest absolute Gasteiger partial charge is 0.425 e. The van der Waals surface area contributed by atoms with Crippen molar-refractivity contribution < 1.29 is 32.6 Å². The molecule has 8 heteroatoms. The molecular weight excluding hydrogens is 231 g/mol. The first kappa shape index (κ1) is 14.6. The van der Waals surface area contributed by atoms with E-state index in [1.807, 2.05) is 0 Å². The number of hydrogen-bond donors (Lipinski definition) is 1. The standard InChI is InChI=1S/C8H10F3NO4/c1-16-4-2-3-7(6(14)15,12-5-13)8(9,10)11/h2-4H2,1H3,(H,14,15). The van der Waals surface area contributed by atoms with Crippen LogP contribution in [0.3, 0.4) is 0 Å². The normalized spacial score (nSPS) is 15.0. The van der Waals surface area contributed by atoms with Crippen LogP contribution in [0.1, 0.15) is 12.8 Å². The predicted molar refractivity (Wildman–Crippen MR) is 45.7 cm³/mol. The number of aliphatic carboxylic acids is 1. The van der Waals surface area contributed by atoms with Gasteiger partial charge in [-0.3, -0.25) is 0 Å². The van der Waals surface area contributed by atoms with Gasteiger partial charge in [-0.05, 0) is 12.8 Å². The second-order valence-electron chi connectivity index (χ2n) is 2.96. The SMILES string of the molecule is COCCCC(N=C=O)(C(=O)O)C(F)(F)F. The van der Waals surface area contributed by atoms with Crippen molar-refractivity contribution in [3.8, 4) is 0 Å². The molecule has 16 heavy (non-hydrogen) atoms. The van der Waals surface area contributed by atoms with Gasteiger partial charge in [0.05, 0.1) is 0 Å². The summed E-state index contributed by atoms with van der Waals surface area (Å²) in [5.74, 6) is -2.22. The van der Waals surface area contributed by atoms with Crippen molar-refractivity contribution in [1.29, 1.82) is 0 Å². The third-order valence-corrected chi connectivity index (χ3v) is 1.95. The van der Waals surface area contributed by atoms with Gasteiger partial charge in [-0.2, -0.15) is 18.2 Å². The second kappa shape index (κ2) is 5.62. The number of methoxy groups -OCH3 is 1. The van der Waals surface area contributed by atoms with Crippen molar-refractivity contribution in [3.63, 3.8) is 0 Å². The number of rotatable bonds is 6. The first-order chi connectivity index (χ1) is 7.31. The van der Waals surface area contributed by atoms with E-state index in [4.69, 9.17) is 5.11 Å². The van der Waals surface area contributed by atoms with E-state index in [-0.39, 0.29) is 13.0 Å². The molecule has 1 N–H and O–H groups in total. The molecule has 0 aromatic rings. The zero-order valence-corrected chi connectivity index (χ0v) is 8.37. The van der Waals surface area contributed by atoms with Crippen LogP contribution in [0.25, 0.3) is 0 Å². The summed E-state index contributed by atoms with van der Waals surface area (Å²) in [7, 11) is 1.26. The number of alkyl halides is 3. The minimum absolute atomic E-state index is 0.0561. The molecule has 0 heterocycles. The quantitative estimate of drug-likeness (QED) is 0.429. The summed E-state index contributed by atoms with van der Waals surface area (Å²) in [6.07, 6.45) is -5.55. The third-order valence-electron chi connectivity index (χ3n) is 1.95. The highest BCUT2D eigenvalue weighted by atomic mass is 19.4. The largest absolute Gasteiger partial charge is 0.479 e. The van der Waals surface area contributed by atoms with Crippen molar-refractivity contribution in [2.24, 2.45) is 4.99 Å². The molecule has 0 bridgehead atoms. The van der Waals surface area contributed by atoms with E-state index in [9.17, 15) is 22.8 Å². The Morgan fingerprint density at radius 2 is 2.06 bits per heavy atom. The van der Waals surface area contributed by atoms with Crippen molar-refractivity contribution in [2.45, 2.75) is 24.6 Å². The molecule has 0 aliphatic carbocycles. The van der Waals surface area contributed by atoms with Crippen molar-refractivity contribution in [2.75, 3.05) is 13.7 Å². The number of carboxylic acids is 1. The van der Waals surface area contributed by atoms with Crippen LogP contribution in [0.4, 0.5) is 13.2 Å². The summed E-state index contributed by atoms with van der Waals surface area (Å²) in [4.78, 5) is 22.9. The first-order valence-electron chi connectivity index (χ1n) is 4.20. The second-order valence-corrected chi connectivity index (χ2v) is 2.96. The number of carbonyl (C=O) groups excluding carboxylic acids is 1. The molecule has 0 amide bonds. The van der Waals surface area contributed by atoms with Gasteiger partial charge < -0.3 is 9.84 Å². The van der Waals surface area contributed by atoms with Crippen LogP contribution < -0.4 is 0 Å². The van der Waals surface area contributed by atoms with E-state index in [2.05, 4.69) is 9.73 Å². The summed E-state index contributed by atoms with van der Waals surface area (Å²) in [6.45, 7) is -0.0561. The van der Waals surface area contributed by atoms with Crippen LogP contribution >= 0.6 is 0 Å². The summed E-state index contributed by atoms with van der Waals surface area (Å²) < 4.78 is 42.1. The van der Waals surface area contributed by atoms with E-state index in [0.29, 0.717) is 6.08 Å². The number of aliphatic imine (C=N–C) groups is 1. The summed E-state index contributed by atoms with van der Waals surface area (Å²) in [5, 5.41) is 8.56. The molecule has 1 atom stereocenters. The molecule has 0 aromatic carbocycles. The number of ether oxygens (including phenoxy) is 1. The van der Waals surface area contributed by atoms with Gasteiger partial charge in [0.25, 0.3) is 5.54 Å². The molecule has 0 spiro atoms. The van der Waals surface area contributed by atoms with Crippen molar-refractivity contribution in [1.82, 2.24) is 0 Å². The number of nitrogens with zero attached hydrogens (tertiary/aromatic N) is 1. The van der Waals surface area contributed by atoms with Crippen LogP contribution in [0.5, 0.6) is 0 Å². The van der Waals surface area contributed by atoms with E-state index >= 15 is 0 Å². The Hall–Kier alpha value is -1.40. The highest BCUT2D eigenvalue weighted by Crippen LogP contribution is 2.37. The molecular formula is C8H10F3NO4. The maximum atomic E-state index is 12.5. The molecule has 0 rings (SSSR count). The number of carbonyl (C=O) groups is 1. The van der Waals surface area contributed by atoms with Crippen LogP contribution in [-0.4, -0.2) is 42.6 Å². The summed E-state index contributed by atoms with van der Waals surface area (Å²) in [6, 6.07) is 0. The fourth-order valence-electron chi connectivity index (χ4n) is 1.09. The fourth-order valence-corrected chi connectivity index (χ4v) is 1.09. The highest BCUT2D eigenvalue weighted by Gasteiger charge is 2.61. The molecule has 0 saturated heterocycles. The molecule has 92 valence electrons. The maximum absolute atomic E-state index is 12.5. The molecule has 0 radical (unpaired) electrons. The van der Waals surface area contributed by atoms with Gasteiger partial charge >= 0.3 is 12.1 Å². The van der Waals surface area contributed by atoms with Crippen LogP contribution in [-0.2, 0) is 14.3 Å². The Morgan fingerprint density at radius 1 is 1.50 bits per heavy atom.